The van der Waals surface area contributed by atoms with Crippen molar-refractivity contribution >= 4 is 14.3 Å². The molecule has 188 valence electrons. The summed E-state index contributed by atoms with van der Waals surface area (Å²) >= 11 is 0. The van der Waals surface area contributed by atoms with Crippen LogP contribution in [-0.2, 0) is 18.7 Å². The van der Waals surface area contributed by atoms with Gasteiger partial charge in [-0.3, -0.25) is 4.79 Å². The van der Waals surface area contributed by atoms with Gasteiger partial charge < -0.3 is 13.9 Å². The van der Waals surface area contributed by atoms with Crippen LogP contribution in [0.3, 0.4) is 0 Å². The van der Waals surface area contributed by atoms with E-state index in [1.807, 2.05) is 0 Å². The Labute approximate surface area is 203 Å². The third kappa shape index (κ3) is 5.20. The molecule has 7 atom stereocenters. The minimum Gasteiger partial charge on any atom is -0.458 e. The number of rotatable bonds is 4. The van der Waals surface area contributed by atoms with Crippen molar-refractivity contribution in [2.45, 2.75) is 123 Å². The first-order chi connectivity index (χ1) is 15.1. The Bertz CT molecular complexity index is 792. The van der Waals surface area contributed by atoms with Gasteiger partial charge in [-0.15, -0.1) is 0 Å². The first-order valence-corrected chi connectivity index (χ1v) is 15.9. The fourth-order valence-electron chi connectivity index (χ4n) is 6.29. The number of hydrogen-bond acceptors (Lipinski definition) is 4. The van der Waals surface area contributed by atoms with Gasteiger partial charge >= 0.3 is 5.97 Å². The van der Waals surface area contributed by atoms with Crippen molar-refractivity contribution in [2.75, 3.05) is 0 Å². The lowest BCUT2D eigenvalue weighted by Gasteiger charge is -2.50. The highest BCUT2D eigenvalue weighted by molar-refractivity contribution is 6.74. The van der Waals surface area contributed by atoms with Gasteiger partial charge in [0.25, 0.3) is 0 Å². The molecule has 2 aliphatic heterocycles. The van der Waals surface area contributed by atoms with E-state index in [0.717, 1.165) is 31.3 Å². The first-order valence-electron chi connectivity index (χ1n) is 12.9. The van der Waals surface area contributed by atoms with E-state index in [4.69, 9.17) is 13.9 Å². The van der Waals surface area contributed by atoms with Crippen molar-refractivity contribution in [1.29, 1.82) is 0 Å². The van der Waals surface area contributed by atoms with Crippen LogP contribution in [0, 0.1) is 23.7 Å². The van der Waals surface area contributed by atoms with Crippen LogP contribution in [0.4, 0.5) is 0 Å². The van der Waals surface area contributed by atoms with E-state index in [1.165, 1.54) is 12.5 Å². The van der Waals surface area contributed by atoms with Gasteiger partial charge in [-0.1, -0.05) is 52.8 Å². The van der Waals surface area contributed by atoms with Crippen molar-refractivity contribution < 1.29 is 18.7 Å². The normalized spacial score (nSPS) is 37.7. The number of fused-ring (bicyclic) bond motifs is 5. The standard InChI is InChI=1S/C28H48O4Si/c1-17(2)21-13-12-18(3)24-23-16-19(4)22(30-20(5)29)14-15-28(9,26(31-23)25(21)24)32-33(10,11)27(6,7)8/h12,17,21-26H,4,13-16H2,1-3,5-11H3/t21-,22+,23-,24-,25-,26-,28-/m1/s1. The maximum atomic E-state index is 11.9. The lowest BCUT2D eigenvalue weighted by atomic mass is 9.62. The van der Waals surface area contributed by atoms with E-state index < -0.39 is 13.9 Å². The molecule has 2 saturated heterocycles. The van der Waals surface area contributed by atoms with Crippen LogP contribution in [0.5, 0.6) is 0 Å². The van der Waals surface area contributed by atoms with Gasteiger partial charge in [-0.25, -0.2) is 0 Å². The zero-order valence-electron chi connectivity index (χ0n) is 22.8. The number of carbonyl (C=O) groups is 1. The second kappa shape index (κ2) is 9.27. The van der Waals surface area contributed by atoms with E-state index in [1.54, 1.807) is 0 Å². The van der Waals surface area contributed by atoms with Gasteiger partial charge in [-0.2, -0.15) is 0 Å². The third-order valence-electron chi connectivity index (χ3n) is 9.10. The molecular weight excluding hydrogens is 428 g/mol. The quantitative estimate of drug-likeness (QED) is 0.247. The van der Waals surface area contributed by atoms with Crippen LogP contribution < -0.4 is 0 Å². The molecule has 1 aliphatic carbocycles. The van der Waals surface area contributed by atoms with Crippen molar-refractivity contribution in [3.05, 3.63) is 23.8 Å². The minimum absolute atomic E-state index is 0.0292. The molecule has 0 saturated carbocycles. The highest BCUT2D eigenvalue weighted by Crippen LogP contribution is 2.55. The fraction of sp³-hybridized carbons (Fsp3) is 0.821. The van der Waals surface area contributed by atoms with Crippen molar-refractivity contribution in [3.63, 3.8) is 0 Å². The molecular formula is C28H48O4Si. The molecule has 2 bridgehead atoms. The molecule has 0 radical (unpaired) electrons. The Morgan fingerprint density at radius 1 is 1.30 bits per heavy atom. The van der Waals surface area contributed by atoms with E-state index >= 15 is 0 Å². The summed E-state index contributed by atoms with van der Waals surface area (Å²) in [7, 11) is -2.08. The Kier molecular flexibility index (Phi) is 7.50. The summed E-state index contributed by atoms with van der Waals surface area (Å²) in [4.78, 5) is 11.9. The predicted molar refractivity (Wildman–Crippen MR) is 138 cm³/mol. The molecule has 5 heteroatoms. The molecule has 0 N–H and O–H groups in total. The van der Waals surface area contributed by atoms with Gasteiger partial charge in [0.2, 0.25) is 0 Å². The van der Waals surface area contributed by atoms with E-state index in [-0.39, 0.29) is 29.3 Å². The summed E-state index contributed by atoms with van der Waals surface area (Å²) in [6.45, 7) is 26.7. The molecule has 3 rings (SSSR count). The second-order valence-electron chi connectivity index (χ2n) is 13.0. The Morgan fingerprint density at radius 3 is 2.48 bits per heavy atom. The molecule has 0 amide bonds. The Hall–Kier alpha value is -0.913. The molecule has 0 spiro atoms. The van der Waals surface area contributed by atoms with Gasteiger partial charge in [-0.05, 0) is 75.1 Å². The van der Waals surface area contributed by atoms with Crippen molar-refractivity contribution in [3.8, 4) is 0 Å². The number of ether oxygens (including phenoxy) is 2. The van der Waals surface area contributed by atoms with Gasteiger partial charge in [0, 0.05) is 18.8 Å². The van der Waals surface area contributed by atoms with Crippen LogP contribution in [0.1, 0.15) is 81.1 Å². The summed E-state index contributed by atoms with van der Waals surface area (Å²) in [5, 5.41) is 0.102. The summed E-state index contributed by atoms with van der Waals surface area (Å²) in [5.41, 5.74) is 1.98. The van der Waals surface area contributed by atoms with Crippen molar-refractivity contribution in [2.24, 2.45) is 23.7 Å². The number of carbonyl (C=O) groups excluding carboxylic acids is 1. The van der Waals surface area contributed by atoms with Crippen LogP contribution in [0.15, 0.2) is 23.8 Å². The maximum absolute atomic E-state index is 11.9. The largest absolute Gasteiger partial charge is 0.458 e. The average Bonchev–Trinajstić information content (AvgIpc) is 3.05. The highest BCUT2D eigenvalue weighted by atomic mass is 28.4. The van der Waals surface area contributed by atoms with Crippen LogP contribution in [0.2, 0.25) is 18.1 Å². The van der Waals surface area contributed by atoms with Crippen LogP contribution in [0.25, 0.3) is 0 Å². The topological polar surface area (TPSA) is 44.8 Å². The van der Waals surface area contributed by atoms with Crippen LogP contribution >= 0.6 is 0 Å². The molecule has 3 aliphatic rings. The van der Waals surface area contributed by atoms with E-state index in [0.29, 0.717) is 23.7 Å². The second-order valence-corrected chi connectivity index (χ2v) is 17.7. The average molecular weight is 477 g/mol. The molecule has 0 aromatic heterocycles. The zero-order valence-corrected chi connectivity index (χ0v) is 23.8. The lowest BCUT2D eigenvalue weighted by molar-refractivity contribution is -0.146. The number of esters is 1. The monoisotopic (exact) mass is 476 g/mol. The predicted octanol–water partition coefficient (Wildman–Crippen LogP) is 7.06. The molecule has 33 heavy (non-hydrogen) atoms. The maximum Gasteiger partial charge on any atom is 0.303 e. The smallest absolute Gasteiger partial charge is 0.303 e. The summed E-state index contributed by atoms with van der Waals surface area (Å²) in [6.07, 6.45) is 5.63. The molecule has 2 heterocycles. The van der Waals surface area contributed by atoms with Gasteiger partial charge in [0.05, 0.1) is 17.8 Å². The molecule has 0 aromatic rings. The van der Waals surface area contributed by atoms with E-state index in [2.05, 4.69) is 74.2 Å². The third-order valence-corrected chi connectivity index (χ3v) is 13.7. The summed E-state index contributed by atoms with van der Waals surface area (Å²) in [6, 6.07) is 0. The fourth-order valence-corrected chi connectivity index (χ4v) is 7.98. The SMILES string of the molecule is C=C1C[C@H]2O[C@H]([C@H]3[C@@H]2C(C)=CC[C@@H]3C(C)C)[C@](C)(O[Si](C)(C)C(C)(C)C)CC[C@@H]1OC(C)=O. The molecule has 2 fully saturated rings. The lowest BCUT2D eigenvalue weighted by Crippen LogP contribution is -2.56. The number of hydrogen-bond donors (Lipinski definition) is 0. The Morgan fingerprint density at radius 2 is 1.94 bits per heavy atom. The van der Waals surface area contributed by atoms with Crippen LogP contribution in [-0.4, -0.2) is 38.2 Å². The number of allylic oxidation sites excluding steroid dienone is 1. The molecule has 0 aromatic carbocycles. The first kappa shape index (κ1) is 26.7. The van der Waals surface area contributed by atoms with Crippen molar-refractivity contribution in [1.82, 2.24) is 0 Å². The minimum atomic E-state index is -2.08. The summed E-state index contributed by atoms with van der Waals surface area (Å²) < 4.78 is 20.1. The van der Waals surface area contributed by atoms with Gasteiger partial charge in [0.1, 0.15) is 6.10 Å². The molecule has 4 nitrogen and oxygen atoms in total. The van der Waals surface area contributed by atoms with Gasteiger partial charge in [0.15, 0.2) is 8.32 Å². The Balaban J connectivity index is 2.09. The highest BCUT2D eigenvalue weighted by Gasteiger charge is 2.59. The molecule has 0 unspecified atom stereocenters. The summed E-state index contributed by atoms with van der Waals surface area (Å²) in [5.74, 6) is 1.72. The van der Waals surface area contributed by atoms with E-state index in [9.17, 15) is 4.79 Å². The zero-order chi connectivity index (χ0) is 24.9.